The van der Waals surface area contributed by atoms with Gasteiger partial charge in [0.2, 0.25) is 10.0 Å². The highest BCUT2D eigenvalue weighted by Crippen LogP contribution is 2.20. The van der Waals surface area contributed by atoms with E-state index in [2.05, 4.69) is 11.5 Å². The predicted octanol–water partition coefficient (Wildman–Crippen LogP) is 1.53. The maximum Gasteiger partial charge on any atom is 0.264 e. The van der Waals surface area contributed by atoms with Crippen LogP contribution >= 0.6 is 0 Å². The van der Waals surface area contributed by atoms with Crippen LogP contribution in [0, 0.1) is 25.2 Å². The number of aromatic nitrogens is 1. The Labute approximate surface area is 155 Å². The molecule has 1 aromatic rings. The first-order chi connectivity index (χ1) is 12.2. The molecule has 1 aliphatic heterocycles. The molecule has 0 spiro atoms. The highest BCUT2D eigenvalue weighted by atomic mass is 32.2. The summed E-state index contributed by atoms with van der Waals surface area (Å²) < 4.78 is 26.7. The Hall–Kier alpha value is -2.11. The molecule has 2 heterocycles. The van der Waals surface area contributed by atoms with Crippen molar-refractivity contribution < 1.29 is 13.2 Å². The molecule has 0 bridgehead atoms. The maximum absolute atomic E-state index is 12.7. The van der Waals surface area contributed by atoms with E-state index in [1.54, 1.807) is 11.0 Å². The van der Waals surface area contributed by atoms with E-state index in [0.717, 1.165) is 36.2 Å². The summed E-state index contributed by atoms with van der Waals surface area (Å²) in [6, 6.07) is 3.99. The summed E-state index contributed by atoms with van der Waals surface area (Å²) in [6.45, 7) is 8.10. The van der Waals surface area contributed by atoms with Crippen LogP contribution in [0.3, 0.4) is 0 Å². The Balaban J connectivity index is 2.19. The monoisotopic (exact) mass is 378 g/mol. The average molecular weight is 378 g/mol. The van der Waals surface area contributed by atoms with E-state index < -0.39 is 10.0 Å². The van der Waals surface area contributed by atoms with Crippen LogP contribution in [0.5, 0.6) is 0 Å². The molecule has 0 aliphatic carbocycles. The lowest BCUT2D eigenvalue weighted by Crippen LogP contribution is -2.50. The minimum atomic E-state index is -3.25. The fourth-order valence-corrected chi connectivity index (χ4v) is 4.06. The Morgan fingerprint density at radius 1 is 1.27 bits per heavy atom. The summed E-state index contributed by atoms with van der Waals surface area (Å²) in [5.74, 6) is -0.346. The second-order valence-electron chi connectivity index (χ2n) is 6.60. The second-order valence-corrected chi connectivity index (χ2v) is 8.58. The number of piperazine rings is 1. The Kier molecular flexibility index (Phi) is 6.26. The molecule has 1 saturated heterocycles. The van der Waals surface area contributed by atoms with Gasteiger partial charge in [-0.1, -0.05) is 6.92 Å². The standard InChI is InChI=1S/C18H26N4O3S/c1-5-6-22-14(2)11-16(15(22)3)12-17(13-19)18(23)20-7-9-21(10-8-20)26(4,24)25/h11-12H,5-10H2,1-4H3/b17-12+. The third-order valence-corrected chi connectivity index (χ3v) is 6.01. The van der Waals surface area contributed by atoms with Crippen molar-refractivity contribution >= 4 is 22.0 Å². The van der Waals surface area contributed by atoms with Crippen LogP contribution in [0.15, 0.2) is 11.6 Å². The lowest BCUT2D eigenvalue weighted by molar-refractivity contribution is -0.127. The van der Waals surface area contributed by atoms with Gasteiger partial charge >= 0.3 is 0 Å². The van der Waals surface area contributed by atoms with Gasteiger partial charge in [0, 0.05) is 44.1 Å². The minimum Gasteiger partial charge on any atom is -0.349 e. The van der Waals surface area contributed by atoms with Crippen molar-refractivity contribution in [1.82, 2.24) is 13.8 Å². The SMILES string of the molecule is CCCn1c(C)cc(/C=C(\C#N)C(=O)N2CCN(S(C)(=O)=O)CC2)c1C. The normalized spacial score (nSPS) is 16.6. The predicted molar refractivity (Wildman–Crippen MR) is 101 cm³/mol. The number of hydrogen-bond acceptors (Lipinski definition) is 4. The van der Waals surface area contributed by atoms with Crippen molar-refractivity contribution in [2.24, 2.45) is 0 Å². The Morgan fingerprint density at radius 3 is 2.38 bits per heavy atom. The van der Waals surface area contributed by atoms with Crippen molar-refractivity contribution in [3.05, 3.63) is 28.6 Å². The van der Waals surface area contributed by atoms with Gasteiger partial charge in [0.05, 0.1) is 6.26 Å². The van der Waals surface area contributed by atoms with Gasteiger partial charge < -0.3 is 9.47 Å². The Morgan fingerprint density at radius 2 is 1.88 bits per heavy atom. The zero-order valence-electron chi connectivity index (χ0n) is 15.8. The van der Waals surface area contributed by atoms with Gasteiger partial charge in [0.15, 0.2) is 0 Å². The number of carbonyl (C=O) groups excluding carboxylic acids is 1. The molecule has 0 radical (unpaired) electrons. The smallest absolute Gasteiger partial charge is 0.264 e. The largest absolute Gasteiger partial charge is 0.349 e. The van der Waals surface area contributed by atoms with Crippen LogP contribution in [0.4, 0.5) is 0 Å². The molecule has 1 aromatic heterocycles. The van der Waals surface area contributed by atoms with Crippen LogP contribution < -0.4 is 0 Å². The highest BCUT2D eigenvalue weighted by molar-refractivity contribution is 7.88. The minimum absolute atomic E-state index is 0.0783. The molecule has 0 aromatic carbocycles. The molecule has 2 rings (SSSR count). The molecular formula is C18H26N4O3S. The van der Waals surface area contributed by atoms with Crippen molar-refractivity contribution in [2.45, 2.75) is 33.7 Å². The van der Waals surface area contributed by atoms with Gasteiger partial charge in [-0.3, -0.25) is 4.79 Å². The molecular weight excluding hydrogens is 352 g/mol. The summed E-state index contributed by atoms with van der Waals surface area (Å²) in [6.07, 6.45) is 3.81. The molecule has 0 N–H and O–H groups in total. The van der Waals surface area contributed by atoms with Crippen LogP contribution in [-0.2, 0) is 21.4 Å². The van der Waals surface area contributed by atoms with Gasteiger partial charge in [-0.15, -0.1) is 0 Å². The van der Waals surface area contributed by atoms with Gasteiger partial charge in [-0.2, -0.15) is 9.57 Å². The van der Waals surface area contributed by atoms with E-state index in [1.165, 1.54) is 4.31 Å². The van der Waals surface area contributed by atoms with Crippen molar-refractivity contribution in [3.63, 3.8) is 0 Å². The fourth-order valence-electron chi connectivity index (χ4n) is 3.23. The third-order valence-electron chi connectivity index (χ3n) is 4.71. The number of aryl methyl sites for hydroxylation is 1. The van der Waals surface area contributed by atoms with E-state index in [-0.39, 0.29) is 24.6 Å². The van der Waals surface area contributed by atoms with E-state index in [0.29, 0.717) is 13.1 Å². The van der Waals surface area contributed by atoms with Crippen LogP contribution in [-0.4, -0.2) is 60.5 Å². The summed E-state index contributed by atoms with van der Waals surface area (Å²) in [4.78, 5) is 14.2. The number of carbonyl (C=O) groups is 1. The highest BCUT2D eigenvalue weighted by Gasteiger charge is 2.27. The van der Waals surface area contributed by atoms with Crippen molar-refractivity contribution in [3.8, 4) is 6.07 Å². The Bertz CT molecular complexity index is 854. The van der Waals surface area contributed by atoms with Gasteiger partial charge in [-0.05, 0) is 38.0 Å². The molecule has 142 valence electrons. The van der Waals surface area contributed by atoms with Crippen molar-refractivity contribution in [1.29, 1.82) is 5.26 Å². The molecule has 8 heteroatoms. The molecule has 7 nitrogen and oxygen atoms in total. The summed E-state index contributed by atoms with van der Waals surface area (Å²) in [7, 11) is -3.25. The first-order valence-corrected chi connectivity index (χ1v) is 10.6. The van der Waals surface area contributed by atoms with Gasteiger partial charge in [0.1, 0.15) is 11.6 Å². The molecule has 1 aliphatic rings. The lowest BCUT2D eigenvalue weighted by Gasteiger charge is -2.33. The second kappa shape index (κ2) is 8.06. The number of sulfonamides is 1. The third kappa shape index (κ3) is 4.34. The molecule has 0 atom stereocenters. The van der Waals surface area contributed by atoms with Crippen LogP contribution in [0.1, 0.15) is 30.3 Å². The molecule has 1 fully saturated rings. The fraction of sp³-hybridized carbons (Fsp3) is 0.556. The van der Waals surface area contributed by atoms with Crippen LogP contribution in [0.25, 0.3) is 6.08 Å². The lowest BCUT2D eigenvalue weighted by atomic mass is 10.1. The van der Waals surface area contributed by atoms with E-state index in [1.807, 2.05) is 26.0 Å². The van der Waals surface area contributed by atoms with E-state index >= 15 is 0 Å². The quantitative estimate of drug-likeness (QED) is 0.574. The zero-order valence-corrected chi connectivity index (χ0v) is 16.6. The molecule has 0 unspecified atom stereocenters. The molecule has 1 amide bonds. The topological polar surface area (TPSA) is 86.4 Å². The first-order valence-electron chi connectivity index (χ1n) is 8.72. The van der Waals surface area contributed by atoms with Gasteiger partial charge in [0.25, 0.3) is 5.91 Å². The summed E-state index contributed by atoms with van der Waals surface area (Å²) >= 11 is 0. The van der Waals surface area contributed by atoms with E-state index in [9.17, 15) is 18.5 Å². The molecule has 26 heavy (non-hydrogen) atoms. The van der Waals surface area contributed by atoms with E-state index in [4.69, 9.17) is 0 Å². The summed E-state index contributed by atoms with van der Waals surface area (Å²) in [5, 5.41) is 9.46. The zero-order chi connectivity index (χ0) is 19.5. The number of nitriles is 1. The number of hydrogen-bond donors (Lipinski definition) is 0. The molecule has 0 saturated carbocycles. The summed E-state index contributed by atoms with van der Waals surface area (Å²) in [5.41, 5.74) is 3.08. The maximum atomic E-state index is 12.7. The first kappa shape index (κ1) is 20.2. The average Bonchev–Trinajstić information content (AvgIpc) is 2.86. The number of nitrogens with zero attached hydrogens (tertiary/aromatic N) is 4. The van der Waals surface area contributed by atoms with Gasteiger partial charge in [-0.25, -0.2) is 8.42 Å². The number of rotatable bonds is 5. The van der Waals surface area contributed by atoms with Crippen LogP contribution in [0.2, 0.25) is 0 Å². The number of amides is 1. The van der Waals surface area contributed by atoms with Crippen molar-refractivity contribution in [2.75, 3.05) is 32.4 Å².